The third-order valence-corrected chi connectivity index (χ3v) is 5.38. The summed E-state index contributed by atoms with van der Waals surface area (Å²) in [7, 11) is 0. The molecule has 0 radical (unpaired) electrons. The summed E-state index contributed by atoms with van der Waals surface area (Å²) in [6, 6.07) is 13.5. The van der Waals surface area contributed by atoms with Gasteiger partial charge in [-0.05, 0) is 30.2 Å². The number of imidazole rings is 1. The summed E-state index contributed by atoms with van der Waals surface area (Å²) in [5.41, 5.74) is 2.61. The predicted molar refractivity (Wildman–Crippen MR) is 108 cm³/mol. The molecule has 0 saturated heterocycles. The Morgan fingerprint density at radius 3 is 2.57 bits per heavy atom. The number of hydrogen-bond acceptors (Lipinski definition) is 4. The van der Waals surface area contributed by atoms with Crippen LogP contribution in [0.15, 0.2) is 53.9 Å². The molecule has 0 saturated carbocycles. The predicted octanol–water partition coefficient (Wildman–Crippen LogP) is 4.79. The summed E-state index contributed by atoms with van der Waals surface area (Å²) in [5.74, 6) is -1.27. The van der Waals surface area contributed by atoms with Gasteiger partial charge in [0.2, 0.25) is 11.7 Å². The van der Waals surface area contributed by atoms with Crippen LogP contribution >= 0.6 is 11.3 Å². The molecule has 1 atom stereocenters. The number of rotatable bonds is 5. The van der Waals surface area contributed by atoms with Crippen molar-refractivity contribution >= 4 is 28.3 Å². The molecule has 154 valence electrons. The van der Waals surface area contributed by atoms with Crippen LogP contribution in [0, 0.1) is 6.92 Å². The number of hydrogen-bond donors (Lipinski definition) is 2. The smallest absolute Gasteiger partial charge is 0.345 e. The molecule has 5 nitrogen and oxygen atoms in total. The van der Waals surface area contributed by atoms with E-state index in [1.54, 1.807) is 12.1 Å². The van der Waals surface area contributed by atoms with Gasteiger partial charge in [-0.15, -0.1) is 11.3 Å². The van der Waals surface area contributed by atoms with Crippen molar-refractivity contribution < 1.29 is 18.0 Å². The molecule has 0 bridgehead atoms. The molecule has 2 aromatic carbocycles. The summed E-state index contributed by atoms with van der Waals surface area (Å²) in [6.07, 6.45) is -4.43. The topological polar surface area (TPSA) is 70.7 Å². The number of amides is 1. The van der Waals surface area contributed by atoms with Crippen molar-refractivity contribution in [3.8, 4) is 0 Å². The zero-order valence-electron chi connectivity index (χ0n) is 15.8. The fourth-order valence-corrected chi connectivity index (χ4v) is 3.82. The first-order valence-electron chi connectivity index (χ1n) is 9.12. The van der Waals surface area contributed by atoms with Crippen LogP contribution in [-0.2, 0) is 17.4 Å². The van der Waals surface area contributed by atoms with Crippen LogP contribution in [-0.4, -0.2) is 20.9 Å². The molecule has 2 heterocycles. The normalized spacial score (nSPS) is 12.8. The molecule has 9 heteroatoms. The summed E-state index contributed by atoms with van der Waals surface area (Å²) in [6.45, 7) is 1.87. The SMILES string of the molecule is Cc1nc(CC(=O)N[C@@H](c2ccccc2)c2ccc3nc(C(F)(F)F)[nH]c3c2)cs1. The van der Waals surface area contributed by atoms with Gasteiger partial charge in [0.15, 0.2) is 0 Å². The Hall–Kier alpha value is -3.20. The highest BCUT2D eigenvalue weighted by molar-refractivity contribution is 7.09. The van der Waals surface area contributed by atoms with Gasteiger partial charge in [-0.1, -0.05) is 36.4 Å². The second-order valence-corrected chi connectivity index (χ2v) is 7.87. The quantitative estimate of drug-likeness (QED) is 0.478. The molecule has 0 aliphatic heterocycles. The van der Waals surface area contributed by atoms with Crippen molar-refractivity contribution in [2.24, 2.45) is 0 Å². The number of fused-ring (bicyclic) bond motifs is 1. The van der Waals surface area contributed by atoms with Crippen LogP contribution in [0.4, 0.5) is 13.2 Å². The molecule has 4 rings (SSSR count). The summed E-state index contributed by atoms with van der Waals surface area (Å²) in [5, 5.41) is 5.69. The van der Waals surface area contributed by atoms with E-state index in [0.717, 1.165) is 10.6 Å². The first-order chi connectivity index (χ1) is 14.3. The van der Waals surface area contributed by atoms with Crippen molar-refractivity contribution in [3.05, 3.63) is 81.6 Å². The number of nitrogens with zero attached hydrogens (tertiary/aromatic N) is 2. The van der Waals surface area contributed by atoms with E-state index in [2.05, 4.69) is 20.3 Å². The molecule has 4 aromatic rings. The summed E-state index contributed by atoms with van der Waals surface area (Å²) in [4.78, 5) is 22.9. The number of benzene rings is 2. The molecule has 0 fully saturated rings. The van der Waals surface area contributed by atoms with Gasteiger partial charge in [0.25, 0.3) is 0 Å². The highest BCUT2D eigenvalue weighted by Crippen LogP contribution is 2.30. The Bertz CT molecular complexity index is 1180. The van der Waals surface area contributed by atoms with Crippen molar-refractivity contribution in [2.75, 3.05) is 0 Å². The van der Waals surface area contributed by atoms with E-state index in [1.165, 1.54) is 17.4 Å². The summed E-state index contributed by atoms with van der Waals surface area (Å²) < 4.78 is 38.9. The maximum atomic E-state index is 13.0. The van der Waals surface area contributed by atoms with E-state index < -0.39 is 18.0 Å². The second kappa shape index (κ2) is 7.91. The lowest BCUT2D eigenvalue weighted by atomic mass is 9.98. The van der Waals surface area contributed by atoms with E-state index in [-0.39, 0.29) is 23.4 Å². The van der Waals surface area contributed by atoms with Crippen LogP contribution in [0.1, 0.15) is 33.7 Å². The molecule has 2 N–H and O–H groups in total. The zero-order valence-corrected chi connectivity index (χ0v) is 16.6. The zero-order chi connectivity index (χ0) is 21.3. The number of carbonyl (C=O) groups excluding carboxylic acids is 1. The number of H-pyrrole nitrogens is 1. The number of aromatic amines is 1. The second-order valence-electron chi connectivity index (χ2n) is 6.81. The van der Waals surface area contributed by atoms with Crippen molar-refractivity contribution in [2.45, 2.75) is 25.6 Å². The minimum Gasteiger partial charge on any atom is -0.345 e. The third-order valence-electron chi connectivity index (χ3n) is 4.55. The van der Waals surface area contributed by atoms with Gasteiger partial charge in [0.1, 0.15) is 0 Å². The fourth-order valence-electron chi connectivity index (χ4n) is 3.21. The Labute approximate surface area is 174 Å². The maximum Gasteiger partial charge on any atom is 0.449 e. The molecule has 0 spiro atoms. The Kier molecular flexibility index (Phi) is 5.29. The number of alkyl halides is 3. The number of thiazole rings is 1. The standard InChI is InChI=1S/C21H17F3N4OS/c1-12-25-15(11-30-12)10-18(29)28-19(13-5-3-2-4-6-13)14-7-8-16-17(9-14)27-20(26-16)21(22,23)24/h2-9,11,19H,10H2,1H3,(H,26,27)(H,28,29)/t19-/m0/s1. The lowest BCUT2D eigenvalue weighted by Gasteiger charge is -2.20. The Morgan fingerprint density at radius 1 is 1.13 bits per heavy atom. The van der Waals surface area contributed by atoms with Gasteiger partial charge in [-0.25, -0.2) is 9.97 Å². The van der Waals surface area contributed by atoms with E-state index in [9.17, 15) is 18.0 Å². The Balaban J connectivity index is 1.66. The number of aromatic nitrogens is 3. The van der Waals surface area contributed by atoms with Gasteiger partial charge in [0.05, 0.1) is 34.2 Å². The van der Waals surface area contributed by atoms with Crippen LogP contribution in [0.3, 0.4) is 0 Å². The highest BCUT2D eigenvalue weighted by Gasteiger charge is 2.34. The number of nitrogens with one attached hydrogen (secondary N) is 2. The van der Waals surface area contributed by atoms with Gasteiger partial charge in [-0.3, -0.25) is 4.79 Å². The molecule has 0 aliphatic carbocycles. The number of halogens is 3. The van der Waals surface area contributed by atoms with E-state index in [1.807, 2.05) is 42.6 Å². The van der Waals surface area contributed by atoms with Crippen LogP contribution in [0.2, 0.25) is 0 Å². The molecule has 0 aliphatic rings. The average Bonchev–Trinajstić information content (AvgIpc) is 3.32. The molecule has 0 unspecified atom stereocenters. The van der Waals surface area contributed by atoms with Gasteiger partial charge in [0, 0.05) is 5.38 Å². The maximum absolute atomic E-state index is 13.0. The first kappa shape index (κ1) is 20.1. The highest BCUT2D eigenvalue weighted by atomic mass is 32.1. The lowest BCUT2D eigenvalue weighted by Crippen LogP contribution is -2.30. The fraction of sp³-hybridized carbons (Fsp3) is 0.190. The largest absolute Gasteiger partial charge is 0.449 e. The van der Waals surface area contributed by atoms with Crippen LogP contribution < -0.4 is 5.32 Å². The van der Waals surface area contributed by atoms with Gasteiger partial charge >= 0.3 is 6.18 Å². The van der Waals surface area contributed by atoms with Crippen molar-refractivity contribution in [3.63, 3.8) is 0 Å². The number of aryl methyl sites for hydroxylation is 1. The number of carbonyl (C=O) groups is 1. The minimum atomic E-state index is -4.56. The molecular weight excluding hydrogens is 413 g/mol. The molecular formula is C21H17F3N4OS. The Morgan fingerprint density at radius 2 is 1.90 bits per heavy atom. The van der Waals surface area contributed by atoms with E-state index in [4.69, 9.17) is 0 Å². The molecule has 2 aromatic heterocycles. The summed E-state index contributed by atoms with van der Waals surface area (Å²) >= 11 is 1.47. The molecule has 1 amide bonds. The lowest BCUT2D eigenvalue weighted by molar-refractivity contribution is -0.144. The third kappa shape index (κ3) is 4.35. The van der Waals surface area contributed by atoms with Gasteiger partial charge in [-0.2, -0.15) is 13.2 Å². The average molecular weight is 430 g/mol. The minimum absolute atomic E-state index is 0.123. The first-order valence-corrected chi connectivity index (χ1v) is 10.00. The van der Waals surface area contributed by atoms with Crippen LogP contribution in [0.5, 0.6) is 0 Å². The molecule has 30 heavy (non-hydrogen) atoms. The monoisotopic (exact) mass is 430 g/mol. The van der Waals surface area contributed by atoms with Crippen LogP contribution in [0.25, 0.3) is 11.0 Å². The van der Waals surface area contributed by atoms with Crippen molar-refractivity contribution in [1.29, 1.82) is 0 Å². The van der Waals surface area contributed by atoms with E-state index >= 15 is 0 Å². The van der Waals surface area contributed by atoms with Crippen molar-refractivity contribution in [1.82, 2.24) is 20.3 Å². The van der Waals surface area contributed by atoms with E-state index in [0.29, 0.717) is 11.3 Å². The van der Waals surface area contributed by atoms with Gasteiger partial charge < -0.3 is 10.3 Å².